The summed E-state index contributed by atoms with van der Waals surface area (Å²) < 4.78 is 14.7. The number of carbonyl (C=O) groups is 2. The highest BCUT2D eigenvalue weighted by Gasteiger charge is 2.31. The van der Waals surface area contributed by atoms with Crippen LogP contribution in [-0.4, -0.2) is 30.7 Å². The third-order valence-corrected chi connectivity index (χ3v) is 5.75. The van der Waals surface area contributed by atoms with Crippen LogP contribution in [0.1, 0.15) is 47.8 Å². The fourth-order valence-electron chi connectivity index (χ4n) is 3.81. The van der Waals surface area contributed by atoms with Crippen LogP contribution in [0.2, 0.25) is 0 Å². The molecule has 0 aromatic heterocycles. The van der Waals surface area contributed by atoms with Crippen molar-refractivity contribution in [2.24, 2.45) is 4.99 Å². The molecule has 168 valence electrons. The molecule has 1 aliphatic heterocycles. The molecule has 1 unspecified atom stereocenters. The number of benzene rings is 3. The molecule has 1 N–H and O–H groups in total. The molecule has 1 aliphatic rings. The molecule has 4 rings (SSSR count). The molecule has 33 heavy (non-hydrogen) atoms. The summed E-state index contributed by atoms with van der Waals surface area (Å²) in [6.07, 6.45) is -1.20. The first kappa shape index (κ1) is 22.4. The average molecular weight is 444 g/mol. The van der Waals surface area contributed by atoms with Crippen LogP contribution >= 0.6 is 0 Å². The summed E-state index contributed by atoms with van der Waals surface area (Å²) in [6.45, 7) is 6.29. The number of anilines is 1. The second-order valence-corrected chi connectivity index (χ2v) is 9.08. The monoisotopic (exact) mass is 443 g/mol. The molecular weight excluding hydrogens is 417 g/mol. The third-order valence-electron chi connectivity index (χ3n) is 5.75. The van der Waals surface area contributed by atoms with Crippen molar-refractivity contribution >= 4 is 23.2 Å². The van der Waals surface area contributed by atoms with Crippen molar-refractivity contribution in [2.45, 2.75) is 32.4 Å². The Hall–Kier alpha value is -3.80. The van der Waals surface area contributed by atoms with Gasteiger partial charge in [-0.2, -0.15) is 0 Å². The van der Waals surface area contributed by atoms with E-state index in [2.05, 4.69) is 31.1 Å². The number of fused-ring (bicyclic) bond motifs is 1. The number of halogens is 1. The summed E-state index contributed by atoms with van der Waals surface area (Å²) in [7, 11) is 1.62. The van der Waals surface area contributed by atoms with E-state index in [1.165, 1.54) is 11.0 Å². The molecule has 1 heterocycles. The number of rotatable bonds is 3. The summed E-state index contributed by atoms with van der Waals surface area (Å²) in [5, 5.41) is 2.73. The first-order chi connectivity index (χ1) is 15.7. The smallest absolute Gasteiger partial charge is 0.272 e. The zero-order valence-corrected chi connectivity index (χ0v) is 19.1. The lowest BCUT2D eigenvalue weighted by atomic mass is 9.87. The number of hydrogen-bond acceptors (Lipinski definition) is 3. The predicted octanol–water partition coefficient (Wildman–Crippen LogP) is 4.69. The standard InChI is InChI=1S/C27H26FN3O2/c1-27(2,3)18-15-13-17(14-16-18)25(32)30-24-26(33)31(4)22-12-8-6-10-20(22)23(29-24)19-9-5-7-11-21(19)28/h5-16,24H,1-4H3,(H,30,32). The molecule has 0 radical (unpaired) electrons. The number of nitrogens with one attached hydrogen (secondary N) is 1. The van der Waals surface area contributed by atoms with Gasteiger partial charge in [-0.1, -0.05) is 63.2 Å². The number of benzodiazepines with no additional fused rings is 1. The van der Waals surface area contributed by atoms with Crippen molar-refractivity contribution in [3.8, 4) is 0 Å². The van der Waals surface area contributed by atoms with E-state index in [1.54, 1.807) is 55.6 Å². The summed E-state index contributed by atoms with van der Waals surface area (Å²) in [5.74, 6) is -1.29. The number of para-hydroxylation sites is 1. The molecule has 0 spiro atoms. The Kier molecular flexibility index (Phi) is 5.85. The van der Waals surface area contributed by atoms with Crippen molar-refractivity contribution in [1.29, 1.82) is 0 Å². The zero-order valence-electron chi connectivity index (χ0n) is 19.1. The van der Waals surface area contributed by atoms with Crippen LogP contribution in [0, 0.1) is 5.82 Å². The zero-order chi connectivity index (χ0) is 23.8. The highest BCUT2D eigenvalue weighted by Crippen LogP contribution is 2.28. The van der Waals surface area contributed by atoms with E-state index in [9.17, 15) is 14.0 Å². The normalized spacial score (nSPS) is 16.0. The maximum Gasteiger partial charge on any atom is 0.272 e. The van der Waals surface area contributed by atoms with Crippen molar-refractivity contribution < 1.29 is 14.0 Å². The maximum atomic E-state index is 14.7. The van der Waals surface area contributed by atoms with Gasteiger partial charge >= 0.3 is 0 Å². The van der Waals surface area contributed by atoms with Crippen molar-refractivity contribution in [3.05, 3.63) is 101 Å². The summed E-state index contributed by atoms with van der Waals surface area (Å²) in [4.78, 5) is 32.2. The lowest BCUT2D eigenvalue weighted by Crippen LogP contribution is -2.46. The van der Waals surface area contributed by atoms with Gasteiger partial charge in [0.2, 0.25) is 6.17 Å². The Balaban J connectivity index is 1.73. The Morgan fingerprint density at radius 3 is 2.18 bits per heavy atom. The van der Waals surface area contributed by atoms with Gasteiger partial charge in [0.05, 0.1) is 11.4 Å². The van der Waals surface area contributed by atoms with E-state index in [0.29, 0.717) is 22.5 Å². The van der Waals surface area contributed by atoms with E-state index in [1.807, 2.05) is 18.2 Å². The van der Waals surface area contributed by atoms with Gasteiger partial charge in [-0.3, -0.25) is 9.59 Å². The maximum absolute atomic E-state index is 14.7. The van der Waals surface area contributed by atoms with Gasteiger partial charge in [-0.05, 0) is 41.3 Å². The SMILES string of the molecule is CN1C(=O)C(NC(=O)c2ccc(C(C)(C)C)cc2)N=C(c2ccccc2F)c2ccccc21. The van der Waals surface area contributed by atoms with E-state index in [4.69, 9.17) is 0 Å². The van der Waals surface area contributed by atoms with Gasteiger partial charge in [-0.15, -0.1) is 0 Å². The molecule has 5 nitrogen and oxygen atoms in total. The van der Waals surface area contributed by atoms with Crippen LogP contribution in [0.15, 0.2) is 77.8 Å². The molecule has 0 bridgehead atoms. The van der Waals surface area contributed by atoms with Crippen LogP contribution in [0.5, 0.6) is 0 Å². The lowest BCUT2D eigenvalue weighted by Gasteiger charge is -2.21. The van der Waals surface area contributed by atoms with Crippen LogP contribution in [-0.2, 0) is 10.2 Å². The van der Waals surface area contributed by atoms with Crippen LogP contribution < -0.4 is 10.2 Å². The second kappa shape index (κ2) is 8.62. The van der Waals surface area contributed by atoms with Crippen LogP contribution in [0.4, 0.5) is 10.1 Å². The summed E-state index contributed by atoms with van der Waals surface area (Å²) in [6, 6.07) is 20.7. The Morgan fingerprint density at radius 1 is 0.939 bits per heavy atom. The Labute approximate surface area is 193 Å². The van der Waals surface area contributed by atoms with Crippen molar-refractivity contribution in [1.82, 2.24) is 5.32 Å². The minimum absolute atomic E-state index is 0.0420. The molecule has 0 fully saturated rings. The fraction of sp³-hybridized carbons (Fsp3) is 0.222. The van der Waals surface area contributed by atoms with Gasteiger partial charge in [0.25, 0.3) is 11.8 Å². The molecule has 6 heteroatoms. The van der Waals surface area contributed by atoms with Crippen molar-refractivity contribution in [3.63, 3.8) is 0 Å². The largest absolute Gasteiger partial charge is 0.322 e. The molecular formula is C27H26FN3O2. The highest BCUT2D eigenvalue weighted by atomic mass is 19.1. The number of amides is 2. The van der Waals surface area contributed by atoms with Gasteiger partial charge in [-0.25, -0.2) is 9.38 Å². The van der Waals surface area contributed by atoms with Gasteiger partial charge < -0.3 is 10.2 Å². The number of likely N-dealkylation sites (N-methyl/N-ethyl adjacent to an activating group) is 1. The molecule has 3 aromatic rings. The first-order valence-corrected chi connectivity index (χ1v) is 10.8. The van der Waals surface area contributed by atoms with Crippen LogP contribution in [0.3, 0.4) is 0 Å². The van der Waals surface area contributed by atoms with Gasteiger partial charge in [0.1, 0.15) is 5.82 Å². The molecule has 0 saturated heterocycles. The number of hydrogen-bond donors (Lipinski definition) is 1. The minimum atomic E-state index is -1.20. The molecule has 2 amide bonds. The van der Waals surface area contributed by atoms with E-state index >= 15 is 0 Å². The minimum Gasteiger partial charge on any atom is -0.322 e. The first-order valence-electron chi connectivity index (χ1n) is 10.8. The summed E-state index contributed by atoms with van der Waals surface area (Å²) >= 11 is 0. The van der Waals surface area contributed by atoms with Gasteiger partial charge in [0.15, 0.2) is 0 Å². The third kappa shape index (κ3) is 4.42. The number of aliphatic imine (C=N–C) groups is 1. The van der Waals surface area contributed by atoms with E-state index in [0.717, 1.165) is 5.56 Å². The Morgan fingerprint density at radius 2 is 1.55 bits per heavy atom. The lowest BCUT2D eigenvalue weighted by molar-refractivity contribution is -0.119. The quantitative estimate of drug-likeness (QED) is 0.638. The van der Waals surface area contributed by atoms with E-state index in [-0.39, 0.29) is 11.0 Å². The highest BCUT2D eigenvalue weighted by molar-refractivity contribution is 6.20. The summed E-state index contributed by atoms with van der Waals surface area (Å²) in [5.41, 5.74) is 3.26. The average Bonchev–Trinajstić information content (AvgIpc) is 2.90. The van der Waals surface area contributed by atoms with Gasteiger partial charge in [0, 0.05) is 23.7 Å². The molecule has 0 saturated carbocycles. The number of carbonyl (C=O) groups excluding carboxylic acids is 2. The second-order valence-electron chi connectivity index (χ2n) is 9.08. The molecule has 3 aromatic carbocycles. The topological polar surface area (TPSA) is 61.8 Å². The van der Waals surface area contributed by atoms with Crippen LogP contribution in [0.25, 0.3) is 0 Å². The molecule has 1 atom stereocenters. The number of nitrogens with zero attached hydrogens (tertiary/aromatic N) is 2. The fourth-order valence-corrected chi connectivity index (χ4v) is 3.81. The predicted molar refractivity (Wildman–Crippen MR) is 128 cm³/mol. The Bertz CT molecular complexity index is 1240. The van der Waals surface area contributed by atoms with Crippen molar-refractivity contribution in [2.75, 3.05) is 11.9 Å². The molecule has 0 aliphatic carbocycles. The van der Waals surface area contributed by atoms with E-state index < -0.39 is 23.8 Å².